The lowest BCUT2D eigenvalue weighted by Crippen LogP contribution is -2.39. The fourth-order valence-electron chi connectivity index (χ4n) is 2.11. The summed E-state index contributed by atoms with van der Waals surface area (Å²) in [6, 6.07) is 6.52. The third kappa shape index (κ3) is 2.76. The van der Waals surface area contributed by atoms with Crippen LogP contribution in [0.2, 0.25) is 0 Å². The largest absolute Gasteiger partial charge is 0.497 e. The normalized spacial score (nSPS) is 19.1. The predicted octanol–water partition coefficient (Wildman–Crippen LogP) is 1.33. The molecule has 5 nitrogen and oxygen atoms in total. The van der Waals surface area contributed by atoms with Crippen LogP contribution < -0.4 is 15.0 Å². The molecule has 1 saturated heterocycles. The summed E-state index contributed by atoms with van der Waals surface area (Å²) in [5.41, 5.74) is 0.594. The molecule has 0 saturated carbocycles. The van der Waals surface area contributed by atoms with Crippen LogP contribution in [0.5, 0.6) is 5.75 Å². The molecule has 1 N–H and O–H groups in total. The Hall–Kier alpha value is -1.88. The second-order valence-corrected chi connectivity index (χ2v) is 4.48. The van der Waals surface area contributed by atoms with Crippen LogP contribution in [0.1, 0.15) is 19.8 Å². The van der Waals surface area contributed by atoms with Crippen LogP contribution in [0.15, 0.2) is 24.3 Å². The van der Waals surface area contributed by atoms with Gasteiger partial charge in [0, 0.05) is 0 Å². The summed E-state index contributed by atoms with van der Waals surface area (Å²) >= 11 is 0. The molecule has 0 radical (unpaired) electrons. The SMILES string of the molecule is CCCNC1CC(=O)N(c2ccc(OC)cc2)C1=O. The third-order valence-corrected chi connectivity index (χ3v) is 3.12. The van der Waals surface area contributed by atoms with Gasteiger partial charge in [-0.25, -0.2) is 4.90 Å². The highest BCUT2D eigenvalue weighted by atomic mass is 16.5. The molecule has 1 aromatic rings. The van der Waals surface area contributed by atoms with Crippen LogP contribution in [0, 0.1) is 0 Å². The summed E-state index contributed by atoms with van der Waals surface area (Å²) < 4.78 is 5.06. The second-order valence-electron chi connectivity index (χ2n) is 4.48. The molecule has 0 aromatic heterocycles. The maximum Gasteiger partial charge on any atom is 0.251 e. The summed E-state index contributed by atoms with van der Waals surface area (Å²) in [7, 11) is 1.58. The molecule has 1 atom stereocenters. The van der Waals surface area contributed by atoms with Gasteiger partial charge in [0.1, 0.15) is 5.75 Å². The molecule has 2 amide bonds. The number of nitrogens with one attached hydrogen (secondary N) is 1. The van der Waals surface area contributed by atoms with E-state index in [2.05, 4.69) is 5.32 Å². The zero-order valence-corrected chi connectivity index (χ0v) is 11.2. The minimum atomic E-state index is -0.394. The molecule has 1 aliphatic heterocycles. The van der Waals surface area contributed by atoms with Crippen LogP contribution in [0.3, 0.4) is 0 Å². The smallest absolute Gasteiger partial charge is 0.251 e. The standard InChI is InChI=1S/C14H18N2O3/c1-3-8-15-12-9-13(17)16(14(12)18)10-4-6-11(19-2)7-5-10/h4-7,12,15H,3,8-9H2,1-2H3. The molecule has 0 spiro atoms. The van der Waals surface area contributed by atoms with Gasteiger partial charge in [0.2, 0.25) is 5.91 Å². The Morgan fingerprint density at radius 1 is 1.32 bits per heavy atom. The van der Waals surface area contributed by atoms with E-state index >= 15 is 0 Å². The summed E-state index contributed by atoms with van der Waals surface area (Å²) in [5, 5.41) is 3.10. The van der Waals surface area contributed by atoms with Gasteiger partial charge in [-0.2, -0.15) is 0 Å². The van der Waals surface area contributed by atoms with Gasteiger partial charge in [0.05, 0.1) is 25.3 Å². The molecular formula is C14H18N2O3. The van der Waals surface area contributed by atoms with Gasteiger partial charge < -0.3 is 10.1 Å². The van der Waals surface area contributed by atoms with Gasteiger partial charge in [0.15, 0.2) is 0 Å². The number of nitrogens with zero attached hydrogens (tertiary/aromatic N) is 1. The molecule has 1 fully saturated rings. The van der Waals surface area contributed by atoms with Crippen LogP contribution in [0.25, 0.3) is 0 Å². The summed E-state index contributed by atoms with van der Waals surface area (Å²) in [4.78, 5) is 25.4. The van der Waals surface area contributed by atoms with E-state index in [9.17, 15) is 9.59 Å². The van der Waals surface area contributed by atoms with Gasteiger partial charge in [-0.3, -0.25) is 9.59 Å². The van der Waals surface area contributed by atoms with Crippen molar-refractivity contribution in [3.8, 4) is 5.75 Å². The predicted molar refractivity (Wildman–Crippen MR) is 72.2 cm³/mol. The van der Waals surface area contributed by atoms with Crippen molar-refractivity contribution >= 4 is 17.5 Å². The Balaban J connectivity index is 2.14. The first-order valence-corrected chi connectivity index (χ1v) is 6.41. The Morgan fingerprint density at radius 3 is 2.58 bits per heavy atom. The molecule has 1 aliphatic rings. The highest BCUT2D eigenvalue weighted by Gasteiger charge is 2.38. The molecule has 19 heavy (non-hydrogen) atoms. The third-order valence-electron chi connectivity index (χ3n) is 3.12. The maximum atomic E-state index is 12.2. The van der Waals surface area contributed by atoms with Gasteiger partial charge in [-0.1, -0.05) is 6.92 Å². The van der Waals surface area contributed by atoms with Crippen molar-refractivity contribution in [3.63, 3.8) is 0 Å². The minimum absolute atomic E-state index is 0.163. The van der Waals surface area contributed by atoms with Crippen LogP contribution >= 0.6 is 0 Å². The first-order chi connectivity index (χ1) is 9.17. The van der Waals surface area contributed by atoms with Crippen LogP contribution in [-0.4, -0.2) is 31.5 Å². The number of methoxy groups -OCH3 is 1. The van der Waals surface area contributed by atoms with E-state index in [4.69, 9.17) is 4.74 Å². The van der Waals surface area contributed by atoms with Crippen molar-refractivity contribution in [3.05, 3.63) is 24.3 Å². The number of carbonyl (C=O) groups excluding carboxylic acids is 2. The number of rotatable bonds is 5. The molecule has 0 aliphatic carbocycles. The second kappa shape index (κ2) is 5.84. The summed E-state index contributed by atoms with van der Waals surface area (Å²) in [6.45, 7) is 2.76. The monoisotopic (exact) mass is 262 g/mol. The van der Waals surface area contributed by atoms with E-state index < -0.39 is 6.04 Å². The fraction of sp³-hybridized carbons (Fsp3) is 0.429. The Labute approximate surface area is 112 Å². The van der Waals surface area contributed by atoms with E-state index in [0.29, 0.717) is 11.4 Å². The van der Waals surface area contributed by atoms with Gasteiger partial charge in [0.25, 0.3) is 5.91 Å². The van der Waals surface area contributed by atoms with Crippen molar-refractivity contribution in [2.45, 2.75) is 25.8 Å². The first-order valence-electron chi connectivity index (χ1n) is 6.41. The highest BCUT2D eigenvalue weighted by molar-refractivity contribution is 6.22. The number of hydrogen-bond acceptors (Lipinski definition) is 4. The lowest BCUT2D eigenvalue weighted by atomic mass is 10.2. The van der Waals surface area contributed by atoms with Crippen molar-refractivity contribution < 1.29 is 14.3 Å². The molecule has 1 unspecified atom stereocenters. The number of imide groups is 1. The van der Waals surface area contributed by atoms with Crippen LogP contribution in [0.4, 0.5) is 5.69 Å². The number of hydrogen-bond donors (Lipinski definition) is 1. The maximum absolute atomic E-state index is 12.2. The Morgan fingerprint density at radius 2 is 2.00 bits per heavy atom. The van der Waals surface area contributed by atoms with Crippen molar-refractivity contribution in [2.24, 2.45) is 0 Å². The van der Waals surface area contributed by atoms with Gasteiger partial charge in [-0.15, -0.1) is 0 Å². The molecular weight excluding hydrogens is 244 g/mol. The average Bonchev–Trinajstić information content (AvgIpc) is 2.71. The van der Waals surface area contributed by atoms with Crippen LogP contribution in [-0.2, 0) is 9.59 Å². The van der Waals surface area contributed by atoms with Gasteiger partial charge in [-0.05, 0) is 37.2 Å². The van der Waals surface area contributed by atoms with E-state index in [-0.39, 0.29) is 18.2 Å². The Bertz CT molecular complexity index is 470. The Kier molecular flexibility index (Phi) is 4.16. The molecule has 102 valence electrons. The number of benzene rings is 1. The molecule has 5 heteroatoms. The topological polar surface area (TPSA) is 58.6 Å². The van der Waals surface area contributed by atoms with E-state index in [1.54, 1.807) is 31.4 Å². The molecule has 1 heterocycles. The summed E-state index contributed by atoms with van der Waals surface area (Å²) in [6.07, 6.45) is 1.16. The molecule has 0 bridgehead atoms. The number of amides is 2. The average molecular weight is 262 g/mol. The minimum Gasteiger partial charge on any atom is -0.497 e. The molecule has 1 aromatic carbocycles. The molecule has 2 rings (SSSR count). The summed E-state index contributed by atoms with van der Waals surface area (Å²) in [5.74, 6) is 0.357. The lowest BCUT2D eigenvalue weighted by molar-refractivity contribution is -0.121. The zero-order chi connectivity index (χ0) is 13.8. The van der Waals surface area contributed by atoms with Crippen molar-refractivity contribution in [1.29, 1.82) is 0 Å². The van der Waals surface area contributed by atoms with E-state index in [1.807, 2.05) is 6.92 Å². The van der Waals surface area contributed by atoms with Gasteiger partial charge >= 0.3 is 0 Å². The highest BCUT2D eigenvalue weighted by Crippen LogP contribution is 2.25. The van der Waals surface area contributed by atoms with Crippen molar-refractivity contribution in [1.82, 2.24) is 5.32 Å². The first kappa shape index (κ1) is 13.5. The number of carbonyl (C=O) groups is 2. The fourth-order valence-corrected chi connectivity index (χ4v) is 2.11. The lowest BCUT2D eigenvalue weighted by Gasteiger charge is -2.15. The number of anilines is 1. The zero-order valence-electron chi connectivity index (χ0n) is 11.2. The quantitative estimate of drug-likeness (QED) is 0.813. The van der Waals surface area contributed by atoms with E-state index in [0.717, 1.165) is 13.0 Å². The van der Waals surface area contributed by atoms with Crippen molar-refractivity contribution in [2.75, 3.05) is 18.6 Å². The van der Waals surface area contributed by atoms with E-state index in [1.165, 1.54) is 4.90 Å². The number of ether oxygens (including phenoxy) is 1.